The van der Waals surface area contributed by atoms with Gasteiger partial charge in [-0.3, -0.25) is 0 Å². The standard InChI is InChI=1S/C10H9F4NO.ClH/c1-15-8-4-16-9-3-6(10(12,13)14)7(11)2-5(8)9;/h2-3,8,15H,4H2,1H3;1H/t8-;/m1./s1. The van der Waals surface area contributed by atoms with Crippen LogP contribution in [0.3, 0.4) is 0 Å². The monoisotopic (exact) mass is 271 g/mol. The summed E-state index contributed by atoms with van der Waals surface area (Å²) in [4.78, 5) is 0. The van der Waals surface area contributed by atoms with Crippen molar-refractivity contribution in [3.05, 3.63) is 29.1 Å². The number of hydrogen-bond donors (Lipinski definition) is 1. The fourth-order valence-corrected chi connectivity index (χ4v) is 1.69. The third kappa shape index (κ3) is 2.47. The molecule has 1 aromatic carbocycles. The first-order valence-corrected chi connectivity index (χ1v) is 4.64. The first-order chi connectivity index (χ1) is 7.43. The average Bonchev–Trinajstić information content (AvgIpc) is 2.57. The van der Waals surface area contributed by atoms with Gasteiger partial charge in [-0.2, -0.15) is 13.2 Å². The summed E-state index contributed by atoms with van der Waals surface area (Å²) in [5.41, 5.74) is -0.865. The van der Waals surface area contributed by atoms with Crippen LogP contribution in [0.15, 0.2) is 12.1 Å². The predicted octanol–water partition coefficient (Wildman–Crippen LogP) is 2.92. The van der Waals surface area contributed by atoms with Crippen LogP contribution in [0, 0.1) is 5.82 Å². The normalized spacial score (nSPS) is 18.3. The third-order valence-electron chi connectivity index (χ3n) is 2.53. The highest BCUT2D eigenvalue weighted by atomic mass is 35.5. The Hall–Kier alpha value is -1.01. The van der Waals surface area contributed by atoms with E-state index in [1.54, 1.807) is 7.05 Å². The molecule has 1 N–H and O–H groups in total. The maximum absolute atomic E-state index is 13.2. The maximum atomic E-state index is 13.2. The van der Waals surface area contributed by atoms with E-state index in [-0.39, 0.29) is 30.8 Å². The van der Waals surface area contributed by atoms with E-state index in [1.807, 2.05) is 0 Å². The van der Waals surface area contributed by atoms with Crippen LogP contribution in [0.2, 0.25) is 0 Å². The van der Waals surface area contributed by atoms with Crippen LogP contribution in [-0.2, 0) is 6.18 Å². The van der Waals surface area contributed by atoms with E-state index < -0.39 is 17.6 Å². The van der Waals surface area contributed by atoms with Crippen molar-refractivity contribution >= 4 is 12.4 Å². The van der Waals surface area contributed by atoms with Gasteiger partial charge < -0.3 is 10.1 Å². The molecule has 7 heteroatoms. The summed E-state index contributed by atoms with van der Waals surface area (Å²) < 4.78 is 55.5. The Morgan fingerprint density at radius 2 is 2.00 bits per heavy atom. The molecule has 1 aliphatic heterocycles. The van der Waals surface area contributed by atoms with Gasteiger partial charge in [0.2, 0.25) is 0 Å². The van der Waals surface area contributed by atoms with Crippen LogP contribution >= 0.6 is 12.4 Å². The lowest BCUT2D eigenvalue weighted by atomic mass is 10.1. The Morgan fingerprint density at radius 3 is 2.53 bits per heavy atom. The van der Waals surface area contributed by atoms with E-state index in [2.05, 4.69) is 5.32 Å². The predicted molar refractivity (Wildman–Crippen MR) is 55.9 cm³/mol. The second-order valence-corrected chi connectivity index (χ2v) is 3.52. The van der Waals surface area contributed by atoms with Crippen molar-refractivity contribution < 1.29 is 22.3 Å². The van der Waals surface area contributed by atoms with Crippen molar-refractivity contribution in [3.63, 3.8) is 0 Å². The minimum absolute atomic E-state index is 0. The third-order valence-corrected chi connectivity index (χ3v) is 2.53. The molecule has 2 rings (SSSR count). The number of likely N-dealkylation sites (N-methyl/N-ethyl adjacent to an activating group) is 1. The number of benzene rings is 1. The first-order valence-electron chi connectivity index (χ1n) is 4.64. The number of nitrogens with one attached hydrogen (secondary N) is 1. The fraction of sp³-hybridized carbons (Fsp3) is 0.400. The second kappa shape index (κ2) is 4.70. The molecule has 0 unspecified atom stereocenters. The van der Waals surface area contributed by atoms with Crippen molar-refractivity contribution in [1.82, 2.24) is 5.32 Å². The maximum Gasteiger partial charge on any atom is 0.419 e. The largest absolute Gasteiger partial charge is 0.491 e. The molecule has 0 aliphatic carbocycles. The SMILES string of the molecule is CN[C@@H]1COc2cc(C(F)(F)F)c(F)cc21.Cl. The Bertz CT molecular complexity index is 422. The van der Waals surface area contributed by atoms with E-state index in [0.717, 1.165) is 6.07 Å². The van der Waals surface area contributed by atoms with Gasteiger partial charge in [-0.15, -0.1) is 12.4 Å². The number of alkyl halides is 3. The first kappa shape index (κ1) is 14.1. The number of hydrogen-bond acceptors (Lipinski definition) is 2. The lowest BCUT2D eigenvalue weighted by Gasteiger charge is -2.11. The number of fused-ring (bicyclic) bond motifs is 1. The summed E-state index contributed by atoms with van der Waals surface area (Å²) in [5, 5.41) is 2.83. The Labute approximate surface area is 101 Å². The molecule has 17 heavy (non-hydrogen) atoms. The molecule has 0 radical (unpaired) electrons. The summed E-state index contributed by atoms with van der Waals surface area (Å²) in [6.45, 7) is 0.215. The van der Waals surface area contributed by atoms with Crippen molar-refractivity contribution in [1.29, 1.82) is 0 Å². The van der Waals surface area contributed by atoms with Gasteiger partial charge in [0.1, 0.15) is 18.2 Å². The minimum atomic E-state index is -4.69. The molecule has 0 saturated carbocycles. The van der Waals surface area contributed by atoms with Gasteiger partial charge in [0, 0.05) is 5.56 Å². The lowest BCUT2D eigenvalue weighted by Crippen LogP contribution is -2.17. The van der Waals surface area contributed by atoms with Crippen LogP contribution in [0.5, 0.6) is 5.75 Å². The highest BCUT2D eigenvalue weighted by molar-refractivity contribution is 5.85. The molecule has 1 atom stereocenters. The van der Waals surface area contributed by atoms with E-state index in [1.165, 1.54) is 0 Å². The number of halogens is 5. The zero-order chi connectivity index (χ0) is 11.9. The summed E-state index contributed by atoms with van der Waals surface area (Å²) in [7, 11) is 1.64. The van der Waals surface area contributed by atoms with Crippen molar-refractivity contribution in [2.45, 2.75) is 12.2 Å². The fourth-order valence-electron chi connectivity index (χ4n) is 1.69. The van der Waals surface area contributed by atoms with Crippen molar-refractivity contribution in [2.75, 3.05) is 13.7 Å². The number of ether oxygens (including phenoxy) is 1. The zero-order valence-electron chi connectivity index (χ0n) is 8.77. The summed E-state index contributed by atoms with van der Waals surface area (Å²) in [5.74, 6) is -1.18. The van der Waals surface area contributed by atoms with Gasteiger partial charge >= 0.3 is 6.18 Å². The number of rotatable bonds is 1. The molecule has 1 heterocycles. The molecule has 0 fully saturated rings. The van der Waals surface area contributed by atoms with Crippen LogP contribution in [0.1, 0.15) is 17.2 Å². The van der Waals surface area contributed by atoms with Gasteiger partial charge in [-0.05, 0) is 19.2 Å². The molecule has 0 bridgehead atoms. The molecule has 1 aromatic rings. The van der Waals surface area contributed by atoms with Gasteiger partial charge in [-0.25, -0.2) is 4.39 Å². The molecule has 0 aromatic heterocycles. The molecule has 1 aliphatic rings. The quantitative estimate of drug-likeness (QED) is 0.793. The topological polar surface area (TPSA) is 21.3 Å². The van der Waals surface area contributed by atoms with E-state index in [0.29, 0.717) is 11.6 Å². The van der Waals surface area contributed by atoms with Gasteiger partial charge in [0.15, 0.2) is 0 Å². The Balaban J connectivity index is 0.00000144. The lowest BCUT2D eigenvalue weighted by molar-refractivity contribution is -0.140. The van der Waals surface area contributed by atoms with Gasteiger partial charge in [0.05, 0.1) is 11.6 Å². The Kier molecular flexibility index (Phi) is 3.88. The summed E-state index contributed by atoms with van der Waals surface area (Å²) >= 11 is 0. The second-order valence-electron chi connectivity index (χ2n) is 3.52. The molecule has 0 saturated heterocycles. The van der Waals surface area contributed by atoms with Crippen molar-refractivity contribution in [2.24, 2.45) is 0 Å². The van der Waals surface area contributed by atoms with Crippen molar-refractivity contribution in [3.8, 4) is 5.75 Å². The van der Waals surface area contributed by atoms with Gasteiger partial charge in [-0.1, -0.05) is 0 Å². The zero-order valence-corrected chi connectivity index (χ0v) is 9.58. The van der Waals surface area contributed by atoms with E-state index in [4.69, 9.17) is 4.74 Å². The Morgan fingerprint density at radius 1 is 1.35 bits per heavy atom. The van der Waals surface area contributed by atoms with Crippen LogP contribution < -0.4 is 10.1 Å². The molecule has 96 valence electrons. The summed E-state index contributed by atoms with van der Waals surface area (Å²) in [6, 6.07) is 1.33. The summed E-state index contributed by atoms with van der Waals surface area (Å²) in [6.07, 6.45) is -4.69. The molecule has 0 spiro atoms. The molecular weight excluding hydrogens is 262 g/mol. The van der Waals surface area contributed by atoms with Crippen LogP contribution in [-0.4, -0.2) is 13.7 Å². The highest BCUT2D eigenvalue weighted by Gasteiger charge is 2.37. The highest BCUT2D eigenvalue weighted by Crippen LogP contribution is 2.39. The van der Waals surface area contributed by atoms with Crippen LogP contribution in [0.4, 0.5) is 17.6 Å². The molecular formula is C10H10ClF4NO. The van der Waals surface area contributed by atoms with Gasteiger partial charge in [0.25, 0.3) is 0 Å². The smallest absolute Gasteiger partial charge is 0.419 e. The van der Waals surface area contributed by atoms with Crippen LogP contribution in [0.25, 0.3) is 0 Å². The van der Waals surface area contributed by atoms with E-state index >= 15 is 0 Å². The van der Waals surface area contributed by atoms with E-state index in [9.17, 15) is 17.6 Å². The molecule has 2 nitrogen and oxygen atoms in total. The minimum Gasteiger partial charge on any atom is -0.491 e. The molecule has 0 amide bonds. The average molecular weight is 272 g/mol.